The van der Waals surface area contributed by atoms with E-state index in [2.05, 4.69) is 11.9 Å². The molecule has 3 aromatic carbocycles. The van der Waals surface area contributed by atoms with E-state index in [1.54, 1.807) is 43.9 Å². The summed E-state index contributed by atoms with van der Waals surface area (Å²) in [5.41, 5.74) is 2.65. The Morgan fingerprint density at radius 3 is 2.59 bits per heavy atom. The summed E-state index contributed by atoms with van der Waals surface area (Å²) in [7, 11) is 3.14. The molecule has 4 aromatic rings. The third-order valence-electron chi connectivity index (χ3n) is 6.57. The van der Waals surface area contributed by atoms with E-state index in [1.807, 2.05) is 66.7 Å². The first-order chi connectivity index (χ1) is 19.9. The van der Waals surface area contributed by atoms with Gasteiger partial charge in [0.25, 0.3) is 11.5 Å². The van der Waals surface area contributed by atoms with Crippen LogP contribution in [-0.4, -0.2) is 31.3 Å². The summed E-state index contributed by atoms with van der Waals surface area (Å²) in [6.07, 6.45) is 3.40. The molecule has 0 saturated carbocycles. The Hall–Kier alpha value is -4.89. The fourth-order valence-electron chi connectivity index (χ4n) is 4.70. The molecule has 0 bridgehead atoms. The summed E-state index contributed by atoms with van der Waals surface area (Å²) in [6.45, 7) is 5.78. The van der Waals surface area contributed by atoms with Crippen LogP contribution in [0.15, 0.2) is 107 Å². The molecule has 1 N–H and O–H groups in total. The van der Waals surface area contributed by atoms with Crippen molar-refractivity contribution in [2.45, 2.75) is 13.0 Å². The lowest BCUT2D eigenvalue weighted by Gasteiger charge is -2.25. The lowest BCUT2D eigenvalue weighted by molar-refractivity contribution is -0.113. The van der Waals surface area contributed by atoms with Crippen LogP contribution in [0.4, 0.5) is 5.69 Å². The van der Waals surface area contributed by atoms with Crippen molar-refractivity contribution in [1.29, 1.82) is 0 Å². The van der Waals surface area contributed by atoms with Gasteiger partial charge in [-0.2, -0.15) is 0 Å². The lowest BCUT2D eigenvalue weighted by Crippen LogP contribution is -2.40. The summed E-state index contributed by atoms with van der Waals surface area (Å²) in [4.78, 5) is 33.0. The van der Waals surface area contributed by atoms with Crippen LogP contribution in [0.1, 0.15) is 24.1 Å². The van der Waals surface area contributed by atoms with Crippen molar-refractivity contribution in [2.24, 2.45) is 4.99 Å². The Morgan fingerprint density at radius 1 is 1.07 bits per heavy atom. The van der Waals surface area contributed by atoms with Gasteiger partial charge in [-0.05, 0) is 48.9 Å². The van der Waals surface area contributed by atoms with Gasteiger partial charge in [-0.1, -0.05) is 66.5 Å². The molecule has 5 rings (SSSR count). The fraction of sp³-hybridized carbons (Fsp3) is 0.156. The minimum Gasteiger partial charge on any atom is -0.497 e. The number of nitrogens with zero attached hydrogens (tertiary/aromatic N) is 2. The molecule has 1 aromatic heterocycles. The van der Waals surface area contributed by atoms with E-state index in [9.17, 15) is 9.59 Å². The van der Waals surface area contributed by atoms with E-state index in [0.29, 0.717) is 49.1 Å². The number of allylic oxidation sites excluding steroid dienone is 1. The molecule has 0 spiro atoms. The van der Waals surface area contributed by atoms with Gasteiger partial charge in [0.15, 0.2) is 16.3 Å². The van der Waals surface area contributed by atoms with Gasteiger partial charge in [-0.3, -0.25) is 14.2 Å². The Kier molecular flexibility index (Phi) is 8.16. The number of hydrogen-bond donors (Lipinski definition) is 1. The Bertz CT molecular complexity index is 1820. The number of nitrogens with one attached hydrogen (secondary N) is 1. The van der Waals surface area contributed by atoms with Crippen LogP contribution in [0.25, 0.3) is 6.08 Å². The quantitative estimate of drug-likeness (QED) is 0.302. The number of fused-ring (bicyclic) bond motifs is 1. The third-order valence-corrected chi connectivity index (χ3v) is 7.55. The number of methoxy groups -OCH3 is 2. The summed E-state index contributed by atoms with van der Waals surface area (Å²) in [6, 6.07) is 21.3. The Morgan fingerprint density at radius 2 is 1.85 bits per heavy atom. The molecule has 0 unspecified atom stereocenters. The first-order valence-electron chi connectivity index (χ1n) is 12.9. The number of anilines is 1. The van der Waals surface area contributed by atoms with E-state index in [-0.39, 0.29) is 18.1 Å². The van der Waals surface area contributed by atoms with Gasteiger partial charge in [-0.15, -0.1) is 0 Å². The first kappa shape index (κ1) is 27.7. The number of benzene rings is 3. The van der Waals surface area contributed by atoms with E-state index in [0.717, 1.165) is 5.56 Å². The Labute approximate surface area is 241 Å². The molecule has 1 aliphatic heterocycles. The second kappa shape index (κ2) is 12.1. The van der Waals surface area contributed by atoms with Gasteiger partial charge in [0.05, 0.1) is 36.1 Å². The number of carbonyl (C=O) groups excluding carboxylic acids is 1. The molecule has 0 radical (unpaired) electrons. The molecular formula is C32H29N3O5S. The zero-order valence-corrected chi connectivity index (χ0v) is 23.7. The van der Waals surface area contributed by atoms with Crippen molar-refractivity contribution in [3.8, 4) is 17.2 Å². The van der Waals surface area contributed by atoms with Gasteiger partial charge < -0.3 is 19.5 Å². The number of rotatable bonds is 9. The second-order valence-electron chi connectivity index (χ2n) is 9.16. The molecular weight excluding hydrogens is 538 g/mol. The van der Waals surface area contributed by atoms with E-state index in [1.165, 1.54) is 11.3 Å². The molecule has 9 heteroatoms. The van der Waals surface area contributed by atoms with Crippen molar-refractivity contribution >= 4 is 29.0 Å². The largest absolute Gasteiger partial charge is 0.497 e. The van der Waals surface area contributed by atoms with Crippen LogP contribution in [0.3, 0.4) is 0 Å². The van der Waals surface area contributed by atoms with Gasteiger partial charge >= 0.3 is 0 Å². The molecule has 208 valence electrons. The number of amides is 1. The highest BCUT2D eigenvalue weighted by atomic mass is 32.1. The zero-order valence-electron chi connectivity index (χ0n) is 22.9. The highest BCUT2D eigenvalue weighted by Gasteiger charge is 2.33. The van der Waals surface area contributed by atoms with Crippen molar-refractivity contribution < 1.29 is 19.0 Å². The van der Waals surface area contributed by atoms with Crippen LogP contribution in [0.5, 0.6) is 17.2 Å². The highest BCUT2D eigenvalue weighted by molar-refractivity contribution is 7.07. The maximum Gasteiger partial charge on any atom is 0.271 e. The third kappa shape index (κ3) is 5.57. The molecule has 0 saturated heterocycles. The summed E-state index contributed by atoms with van der Waals surface area (Å²) < 4.78 is 18.9. The predicted molar refractivity (Wildman–Crippen MR) is 161 cm³/mol. The molecule has 41 heavy (non-hydrogen) atoms. The predicted octanol–water partition coefficient (Wildman–Crippen LogP) is 4.46. The number of aromatic nitrogens is 1. The van der Waals surface area contributed by atoms with E-state index in [4.69, 9.17) is 19.2 Å². The van der Waals surface area contributed by atoms with Crippen molar-refractivity contribution in [2.75, 3.05) is 26.1 Å². The van der Waals surface area contributed by atoms with Crippen LogP contribution in [-0.2, 0) is 4.79 Å². The second-order valence-corrected chi connectivity index (χ2v) is 10.2. The number of para-hydroxylation sites is 2. The molecule has 0 fully saturated rings. The van der Waals surface area contributed by atoms with Gasteiger partial charge in [0.2, 0.25) is 0 Å². The molecule has 8 nitrogen and oxygen atoms in total. The summed E-state index contributed by atoms with van der Waals surface area (Å²) in [5, 5.41) is 2.96. The maximum absolute atomic E-state index is 14.1. The Balaban J connectivity index is 1.69. The summed E-state index contributed by atoms with van der Waals surface area (Å²) >= 11 is 1.25. The summed E-state index contributed by atoms with van der Waals surface area (Å²) in [5.74, 6) is 1.32. The molecule has 2 heterocycles. The average molecular weight is 568 g/mol. The topological polar surface area (TPSA) is 91.2 Å². The molecule has 1 amide bonds. The minimum atomic E-state index is -0.728. The zero-order chi connectivity index (χ0) is 28.9. The van der Waals surface area contributed by atoms with Crippen LogP contribution >= 0.6 is 11.3 Å². The highest BCUT2D eigenvalue weighted by Crippen LogP contribution is 2.33. The smallest absolute Gasteiger partial charge is 0.271 e. The fourth-order valence-corrected chi connectivity index (χ4v) is 5.74. The van der Waals surface area contributed by atoms with Crippen molar-refractivity contribution in [3.63, 3.8) is 0 Å². The SMILES string of the molecule is C=CCOc1c(/C=c2\sc3n(c2=O)[C@@H](c2cccc(OC)c2)C(C(=O)Nc2ccccc2)=C(C)N=3)cccc1OC. The number of ether oxygens (including phenoxy) is 3. The van der Waals surface area contributed by atoms with Crippen LogP contribution in [0.2, 0.25) is 0 Å². The van der Waals surface area contributed by atoms with Gasteiger partial charge in [0.1, 0.15) is 12.4 Å². The number of carbonyl (C=O) groups is 1. The van der Waals surface area contributed by atoms with E-state index < -0.39 is 6.04 Å². The van der Waals surface area contributed by atoms with Crippen LogP contribution in [0, 0.1) is 0 Å². The average Bonchev–Trinajstić information content (AvgIpc) is 3.29. The maximum atomic E-state index is 14.1. The number of thiazole rings is 1. The van der Waals surface area contributed by atoms with Gasteiger partial charge in [-0.25, -0.2) is 4.99 Å². The lowest BCUT2D eigenvalue weighted by atomic mass is 9.95. The molecule has 1 aliphatic rings. The standard InChI is InChI=1S/C32H29N3O5S/c1-5-17-40-29-22(12-10-16-25(29)39-4)19-26-31(37)35-28(21-11-9-15-24(18-21)38-3)27(20(2)33-32(35)41-26)30(36)34-23-13-7-6-8-14-23/h5-16,18-19,28H,1,17H2,2-4H3,(H,34,36)/b26-19-/t28-/m0/s1. The van der Waals surface area contributed by atoms with Gasteiger partial charge in [0, 0.05) is 11.3 Å². The van der Waals surface area contributed by atoms with Crippen LogP contribution < -0.4 is 34.4 Å². The van der Waals surface area contributed by atoms with Crippen molar-refractivity contribution in [1.82, 2.24) is 4.57 Å². The molecule has 0 aliphatic carbocycles. The first-order valence-corrected chi connectivity index (χ1v) is 13.7. The normalized spacial score (nSPS) is 14.6. The minimum absolute atomic E-state index is 0.275. The monoisotopic (exact) mass is 567 g/mol. The molecule has 1 atom stereocenters. The van der Waals surface area contributed by atoms with E-state index >= 15 is 0 Å². The number of hydrogen-bond acceptors (Lipinski definition) is 7. The van der Waals surface area contributed by atoms with Crippen molar-refractivity contribution in [3.05, 3.63) is 128 Å².